The SMILES string of the molecule is CCN=C(NCC)NC1CCN(C(=O)OCC)CC1.I. The van der Waals surface area contributed by atoms with E-state index in [1.54, 1.807) is 4.90 Å². The van der Waals surface area contributed by atoms with Gasteiger partial charge in [0.25, 0.3) is 0 Å². The van der Waals surface area contributed by atoms with Crippen molar-refractivity contribution in [3.05, 3.63) is 0 Å². The number of aliphatic imine (C=N–C) groups is 1. The summed E-state index contributed by atoms with van der Waals surface area (Å²) in [7, 11) is 0. The lowest BCUT2D eigenvalue weighted by atomic mass is 10.1. The molecule has 1 heterocycles. The number of hydrogen-bond donors (Lipinski definition) is 2. The molecule has 1 saturated heterocycles. The lowest BCUT2D eigenvalue weighted by Crippen LogP contribution is -2.49. The number of nitrogens with zero attached hydrogens (tertiary/aromatic N) is 2. The number of piperidine rings is 1. The molecule has 1 aliphatic rings. The molecular formula is C13H27IN4O2. The molecule has 0 aromatic heterocycles. The molecule has 1 fully saturated rings. The summed E-state index contributed by atoms with van der Waals surface area (Å²) in [6.45, 7) is 9.42. The number of carbonyl (C=O) groups excluding carboxylic acids is 1. The molecule has 0 unspecified atom stereocenters. The van der Waals surface area contributed by atoms with Crippen LogP contribution in [0.15, 0.2) is 4.99 Å². The van der Waals surface area contributed by atoms with Gasteiger partial charge in [0.1, 0.15) is 0 Å². The molecule has 6 nitrogen and oxygen atoms in total. The van der Waals surface area contributed by atoms with E-state index in [9.17, 15) is 4.79 Å². The first-order chi connectivity index (χ1) is 9.21. The first kappa shape index (κ1) is 19.3. The zero-order valence-corrected chi connectivity index (χ0v) is 15.0. The van der Waals surface area contributed by atoms with Crippen LogP contribution in [-0.4, -0.2) is 55.8 Å². The number of hydrogen-bond acceptors (Lipinski definition) is 3. The van der Waals surface area contributed by atoms with E-state index < -0.39 is 0 Å². The number of halogens is 1. The Morgan fingerprint density at radius 2 is 1.95 bits per heavy atom. The summed E-state index contributed by atoms with van der Waals surface area (Å²) >= 11 is 0. The molecule has 0 aliphatic carbocycles. The first-order valence-corrected chi connectivity index (χ1v) is 7.17. The highest BCUT2D eigenvalue weighted by molar-refractivity contribution is 14.0. The lowest BCUT2D eigenvalue weighted by Gasteiger charge is -2.32. The number of carbonyl (C=O) groups is 1. The molecule has 0 aromatic rings. The second-order valence-corrected chi connectivity index (χ2v) is 4.46. The number of likely N-dealkylation sites (tertiary alicyclic amines) is 1. The van der Waals surface area contributed by atoms with E-state index in [1.807, 2.05) is 13.8 Å². The maximum Gasteiger partial charge on any atom is 0.409 e. The van der Waals surface area contributed by atoms with Crippen LogP contribution in [0.3, 0.4) is 0 Å². The van der Waals surface area contributed by atoms with Crippen LogP contribution < -0.4 is 10.6 Å². The zero-order valence-electron chi connectivity index (χ0n) is 12.6. The van der Waals surface area contributed by atoms with Crippen LogP contribution in [0, 0.1) is 0 Å². The molecule has 1 rings (SSSR count). The second kappa shape index (κ2) is 11.0. The van der Waals surface area contributed by atoms with Crippen LogP contribution in [-0.2, 0) is 4.74 Å². The van der Waals surface area contributed by atoms with Gasteiger partial charge in [-0.1, -0.05) is 0 Å². The van der Waals surface area contributed by atoms with Crippen molar-refractivity contribution in [3.63, 3.8) is 0 Å². The highest BCUT2D eigenvalue weighted by atomic mass is 127. The Balaban J connectivity index is 0.00000361. The number of nitrogens with one attached hydrogen (secondary N) is 2. The minimum absolute atomic E-state index is 0. The minimum atomic E-state index is -0.199. The second-order valence-electron chi connectivity index (χ2n) is 4.46. The van der Waals surface area contributed by atoms with Gasteiger partial charge in [-0.15, -0.1) is 24.0 Å². The Morgan fingerprint density at radius 3 is 2.45 bits per heavy atom. The highest BCUT2D eigenvalue weighted by Gasteiger charge is 2.23. The fraction of sp³-hybridized carbons (Fsp3) is 0.846. The van der Waals surface area contributed by atoms with E-state index in [-0.39, 0.29) is 30.1 Å². The Labute approximate surface area is 138 Å². The van der Waals surface area contributed by atoms with Gasteiger partial charge < -0.3 is 20.3 Å². The van der Waals surface area contributed by atoms with Crippen molar-refractivity contribution >= 4 is 36.0 Å². The average Bonchev–Trinajstić information content (AvgIpc) is 2.40. The summed E-state index contributed by atoms with van der Waals surface area (Å²) in [5.74, 6) is 0.861. The summed E-state index contributed by atoms with van der Waals surface area (Å²) in [5.41, 5.74) is 0. The van der Waals surface area contributed by atoms with Crippen LogP contribution >= 0.6 is 24.0 Å². The smallest absolute Gasteiger partial charge is 0.409 e. The molecule has 7 heteroatoms. The molecule has 1 amide bonds. The molecule has 0 spiro atoms. The molecule has 0 atom stereocenters. The summed E-state index contributed by atoms with van der Waals surface area (Å²) in [6, 6.07) is 0.370. The Kier molecular flexibility index (Phi) is 10.6. The van der Waals surface area contributed by atoms with Gasteiger partial charge in [-0.05, 0) is 33.6 Å². The largest absolute Gasteiger partial charge is 0.450 e. The summed E-state index contributed by atoms with van der Waals surface area (Å²) < 4.78 is 5.01. The number of rotatable bonds is 4. The maximum absolute atomic E-state index is 11.6. The summed E-state index contributed by atoms with van der Waals surface area (Å²) in [4.78, 5) is 17.7. The third-order valence-electron chi connectivity index (χ3n) is 3.02. The third-order valence-corrected chi connectivity index (χ3v) is 3.02. The van der Waals surface area contributed by atoms with Gasteiger partial charge in [0, 0.05) is 32.2 Å². The van der Waals surface area contributed by atoms with Crippen LogP contribution in [0.25, 0.3) is 0 Å². The lowest BCUT2D eigenvalue weighted by molar-refractivity contribution is 0.0963. The molecule has 2 N–H and O–H groups in total. The predicted octanol–water partition coefficient (Wildman–Crippen LogP) is 1.80. The Bertz CT molecular complexity index is 305. The number of amides is 1. The molecule has 0 radical (unpaired) electrons. The van der Waals surface area contributed by atoms with Gasteiger partial charge in [0.05, 0.1) is 6.61 Å². The van der Waals surface area contributed by atoms with Crippen LogP contribution in [0.1, 0.15) is 33.6 Å². The van der Waals surface area contributed by atoms with Crippen molar-refractivity contribution < 1.29 is 9.53 Å². The molecule has 0 bridgehead atoms. The van der Waals surface area contributed by atoms with Crippen molar-refractivity contribution in [1.82, 2.24) is 15.5 Å². The van der Waals surface area contributed by atoms with E-state index in [2.05, 4.69) is 22.5 Å². The van der Waals surface area contributed by atoms with E-state index in [4.69, 9.17) is 4.74 Å². The Hall–Kier alpha value is -0.730. The van der Waals surface area contributed by atoms with Gasteiger partial charge >= 0.3 is 6.09 Å². The summed E-state index contributed by atoms with van der Waals surface area (Å²) in [6.07, 6.45) is 1.65. The van der Waals surface area contributed by atoms with Crippen molar-refractivity contribution in [1.29, 1.82) is 0 Å². The third kappa shape index (κ3) is 6.62. The van der Waals surface area contributed by atoms with E-state index in [1.165, 1.54) is 0 Å². The normalized spacial score (nSPS) is 16.4. The molecule has 20 heavy (non-hydrogen) atoms. The molecule has 118 valence electrons. The van der Waals surface area contributed by atoms with Gasteiger partial charge in [0.15, 0.2) is 5.96 Å². The van der Waals surface area contributed by atoms with E-state index in [0.717, 1.165) is 45.0 Å². The van der Waals surface area contributed by atoms with Gasteiger partial charge in [0.2, 0.25) is 0 Å². The fourth-order valence-corrected chi connectivity index (χ4v) is 2.09. The molecule has 0 saturated carbocycles. The van der Waals surface area contributed by atoms with Crippen LogP contribution in [0.5, 0.6) is 0 Å². The highest BCUT2D eigenvalue weighted by Crippen LogP contribution is 2.11. The standard InChI is InChI=1S/C13H26N4O2.HI/c1-4-14-12(15-5-2)16-11-7-9-17(10-8-11)13(18)19-6-3;/h11H,4-10H2,1-3H3,(H2,14,15,16);1H. The van der Waals surface area contributed by atoms with Crippen molar-refractivity contribution in [2.24, 2.45) is 4.99 Å². The first-order valence-electron chi connectivity index (χ1n) is 7.17. The average molecular weight is 398 g/mol. The minimum Gasteiger partial charge on any atom is -0.450 e. The molecule has 0 aromatic carbocycles. The molecular weight excluding hydrogens is 371 g/mol. The van der Waals surface area contributed by atoms with Gasteiger partial charge in [-0.25, -0.2) is 4.79 Å². The maximum atomic E-state index is 11.6. The number of guanidine groups is 1. The van der Waals surface area contributed by atoms with Gasteiger partial charge in [-0.3, -0.25) is 4.99 Å². The Morgan fingerprint density at radius 1 is 1.30 bits per heavy atom. The van der Waals surface area contributed by atoms with Crippen molar-refractivity contribution in [2.45, 2.75) is 39.7 Å². The topological polar surface area (TPSA) is 66.0 Å². The monoisotopic (exact) mass is 398 g/mol. The summed E-state index contributed by atoms with van der Waals surface area (Å²) in [5, 5.41) is 6.63. The van der Waals surface area contributed by atoms with Crippen molar-refractivity contribution in [3.8, 4) is 0 Å². The zero-order chi connectivity index (χ0) is 14.1. The van der Waals surface area contributed by atoms with Crippen molar-refractivity contribution in [2.75, 3.05) is 32.8 Å². The van der Waals surface area contributed by atoms with Crippen LogP contribution in [0.2, 0.25) is 0 Å². The van der Waals surface area contributed by atoms with Crippen LogP contribution in [0.4, 0.5) is 4.79 Å². The van der Waals surface area contributed by atoms with E-state index >= 15 is 0 Å². The molecule has 1 aliphatic heterocycles. The van der Waals surface area contributed by atoms with E-state index in [0.29, 0.717) is 12.6 Å². The number of ether oxygens (including phenoxy) is 1. The quantitative estimate of drug-likeness (QED) is 0.431. The van der Waals surface area contributed by atoms with Gasteiger partial charge in [-0.2, -0.15) is 0 Å². The predicted molar refractivity (Wildman–Crippen MR) is 91.8 cm³/mol. The fourth-order valence-electron chi connectivity index (χ4n) is 2.09.